The van der Waals surface area contributed by atoms with Gasteiger partial charge in [0.15, 0.2) is 0 Å². The molecule has 1 aromatic rings. The standard InChI is InChI=1S/C12H16FNO2/c13-10-1-3-11(4-2-10)14-9-12(15)5-7-16-8-6-12/h1-4,14-15H,5-9H2. The summed E-state index contributed by atoms with van der Waals surface area (Å²) >= 11 is 0. The molecule has 88 valence electrons. The summed E-state index contributed by atoms with van der Waals surface area (Å²) in [5, 5.41) is 13.3. The lowest BCUT2D eigenvalue weighted by atomic mass is 9.94. The second-order valence-corrected chi connectivity index (χ2v) is 4.20. The molecule has 1 fully saturated rings. The topological polar surface area (TPSA) is 41.5 Å². The van der Waals surface area contributed by atoms with Crippen molar-refractivity contribution in [1.82, 2.24) is 0 Å². The maximum Gasteiger partial charge on any atom is 0.123 e. The molecule has 0 saturated carbocycles. The molecule has 2 N–H and O–H groups in total. The van der Waals surface area contributed by atoms with Crippen molar-refractivity contribution in [2.75, 3.05) is 25.1 Å². The maximum absolute atomic E-state index is 12.7. The van der Waals surface area contributed by atoms with Crippen LogP contribution >= 0.6 is 0 Å². The van der Waals surface area contributed by atoms with Gasteiger partial charge in [-0.25, -0.2) is 4.39 Å². The first-order valence-corrected chi connectivity index (χ1v) is 5.48. The fourth-order valence-electron chi connectivity index (χ4n) is 1.76. The van der Waals surface area contributed by atoms with Crippen molar-refractivity contribution in [3.63, 3.8) is 0 Å². The Bertz CT molecular complexity index is 333. The Hall–Kier alpha value is -1.13. The van der Waals surface area contributed by atoms with Crippen LogP contribution in [-0.2, 0) is 4.74 Å². The minimum atomic E-state index is -0.702. The first-order chi connectivity index (χ1) is 7.68. The van der Waals surface area contributed by atoms with E-state index in [1.54, 1.807) is 12.1 Å². The zero-order chi connectivity index (χ0) is 11.4. The number of anilines is 1. The average Bonchev–Trinajstić information content (AvgIpc) is 2.29. The molecule has 16 heavy (non-hydrogen) atoms. The largest absolute Gasteiger partial charge is 0.388 e. The van der Waals surface area contributed by atoms with Gasteiger partial charge in [-0.05, 0) is 24.3 Å². The van der Waals surface area contributed by atoms with E-state index < -0.39 is 5.60 Å². The lowest BCUT2D eigenvalue weighted by molar-refractivity contribution is -0.0543. The summed E-state index contributed by atoms with van der Waals surface area (Å²) in [6.07, 6.45) is 1.28. The number of benzene rings is 1. The molecule has 1 aromatic carbocycles. The number of nitrogens with one attached hydrogen (secondary N) is 1. The van der Waals surface area contributed by atoms with Crippen LogP contribution in [0.15, 0.2) is 24.3 Å². The van der Waals surface area contributed by atoms with Crippen LogP contribution in [0.4, 0.5) is 10.1 Å². The van der Waals surface area contributed by atoms with E-state index in [4.69, 9.17) is 4.74 Å². The Labute approximate surface area is 94.2 Å². The fraction of sp³-hybridized carbons (Fsp3) is 0.500. The zero-order valence-corrected chi connectivity index (χ0v) is 9.08. The Morgan fingerprint density at radius 3 is 2.50 bits per heavy atom. The minimum absolute atomic E-state index is 0.254. The Morgan fingerprint density at radius 2 is 1.88 bits per heavy atom. The summed E-state index contributed by atoms with van der Waals surface area (Å²) < 4.78 is 17.9. The molecule has 0 unspecified atom stereocenters. The van der Waals surface area contributed by atoms with E-state index in [0.29, 0.717) is 32.6 Å². The number of hydrogen-bond donors (Lipinski definition) is 2. The Balaban J connectivity index is 1.88. The van der Waals surface area contributed by atoms with Crippen molar-refractivity contribution in [3.05, 3.63) is 30.1 Å². The predicted molar refractivity (Wildman–Crippen MR) is 59.9 cm³/mol. The summed E-state index contributed by atoms with van der Waals surface area (Å²) in [6.45, 7) is 1.67. The molecule has 1 aliphatic rings. The van der Waals surface area contributed by atoms with Gasteiger partial charge in [-0.15, -0.1) is 0 Å². The minimum Gasteiger partial charge on any atom is -0.388 e. The molecule has 0 aromatic heterocycles. The molecule has 1 aliphatic heterocycles. The molecule has 1 heterocycles. The van der Waals surface area contributed by atoms with Crippen LogP contribution in [0.25, 0.3) is 0 Å². The number of aliphatic hydroxyl groups is 1. The monoisotopic (exact) mass is 225 g/mol. The molecule has 0 amide bonds. The van der Waals surface area contributed by atoms with Gasteiger partial charge in [0.05, 0.1) is 5.60 Å². The van der Waals surface area contributed by atoms with Crippen molar-refractivity contribution >= 4 is 5.69 Å². The molecule has 0 bridgehead atoms. The number of rotatable bonds is 3. The van der Waals surface area contributed by atoms with Crippen LogP contribution < -0.4 is 5.32 Å². The van der Waals surface area contributed by atoms with Crippen LogP contribution in [0, 0.1) is 5.82 Å². The smallest absolute Gasteiger partial charge is 0.123 e. The van der Waals surface area contributed by atoms with Crippen LogP contribution in [-0.4, -0.2) is 30.5 Å². The number of hydrogen-bond acceptors (Lipinski definition) is 3. The summed E-state index contributed by atoms with van der Waals surface area (Å²) in [7, 11) is 0. The quantitative estimate of drug-likeness (QED) is 0.824. The number of ether oxygens (including phenoxy) is 1. The predicted octanol–water partition coefficient (Wildman–Crippen LogP) is 1.78. The summed E-state index contributed by atoms with van der Waals surface area (Å²) in [6, 6.07) is 6.13. The van der Waals surface area contributed by atoms with E-state index in [0.717, 1.165) is 5.69 Å². The van der Waals surface area contributed by atoms with Crippen LogP contribution in [0.1, 0.15) is 12.8 Å². The lowest BCUT2D eigenvalue weighted by Crippen LogP contribution is -2.42. The first-order valence-electron chi connectivity index (χ1n) is 5.48. The second-order valence-electron chi connectivity index (χ2n) is 4.20. The van der Waals surface area contributed by atoms with Gasteiger partial charge in [0.25, 0.3) is 0 Å². The Kier molecular flexibility index (Phi) is 3.41. The molecular formula is C12H16FNO2. The summed E-state index contributed by atoms with van der Waals surface area (Å²) in [5.41, 5.74) is 0.119. The highest BCUT2D eigenvalue weighted by Crippen LogP contribution is 2.21. The van der Waals surface area contributed by atoms with Gasteiger partial charge in [-0.3, -0.25) is 0 Å². The summed E-state index contributed by atoms with van der Waals surface area (Å²) in [5.74, 6) is -0.254. The number of halogens is 1. The van der Waals surface area contributed by atoms with E-state index in [1.807, 2.05) is 0 Å². The molecule has 3 nitrogen and oxygen atoms in total. The van der Waals surface area contributed by atoms with E-state index >= 15 is 0 Å². The lowest BCUT2D eigenvalue weighted by Gasteiger charge is -2.32. The molecule has 2 rings (SSSR count). The highest BCUT2D eigenvalue weighted by Gasteiger charge is 2.29. The van der Waals surface area contributed by atoms with Crippen molar-refractivity contribution in [1.29, 1.82) is 0 Å². The third-order valence-electron chi connectivity index (χ3n) is 2.89. The molecular weight excluding hydrogens is 209 g/mol. The molecule has 0 radical (unpaired) electrons. The molecule has 0 atom stereocenters. The van der Waals surface area contributed by atoms with Gasteiger partial charge in [-0.2, -0.15) is 0 Å². The van der Waals surface area contributed by atoms with E-state index in [2.05, 4.69) is 5.32 Å². The molecule has 1 saturated heterocycles. The normalized spacial score (nSPS) is 19.4. The van der Waals surface area contributed by atoms with Gasteiger partial charge in [0.2, 0.25) is 0 Å². The van der Waals surface area contributed by atoms with E-state index in [1.165, 1.54) is 12.1 Å². The van der Waals surface area contributed by atoms with Crippen molar-refractivity contribution in [2.45, 2.75) is 18.4 Å². The highest BCUT2D eigenvalue weighted by atomic mass is 19.1. The molecule has 0 aliphatic carbocycles. The third kappa shape index (κ3) is 2.93. The molecule has 4 heteroatoms. The van der Waals surface area contributed by atoms with E-state index in [-0.39, 0.29) is 5.82 Å². The van der Waals surface area contributed by atoms with Gasteiger partial charge in [-0.1, -0.05) is 0 Å². The van der Waals surface area contributed by atoms with Crippen LogP contribution in [0.3, 0.4) is 0 Å². The van der Waals surface area contributed by atoms with Crippen LogP contribution in [0.2, 0.25) is 0 Å². The second kappa shape index (κ2) is 4.80. The highest BCUT2D eigenvalue weighted by molar-refractivity contribution is 5.43. The summed E-state index contributed by atoms with van der Waals surface area (Å²) in [4.78, 5) is 0. The third-order valence-corrected chi connectivity index (χ3v) is 2.89. The van der Waals surface area contributed by atoms with Crippen molar-refractivity contribution < 1.29 is 14.2 Å². The maximum atomic E-state index is 12.7. The SMILES string of the molecule is OC1(CNc2ccc(F)cc2)CCOCC1. The van der Waals surface area contributed by atoms with Gasteiger partial charge < -0.3 is 15.2 Å². The fourth-order valence-corrected chi connectivity index (χ4v) is 1.76. The molecule has 0 spiro atoms. The van der Waals surface area contributed by atoms with Crippen LogP contribution in [0.5, 0.6) is 0 Å². The average molecular weight is 225 g/mol. The van der Waals surface area contributed by atoms with Gasteiger partial charge in [0, 0.05) is 38.3 Å². The zero-order valence-electron chi connectivity index (χ0n) is 9.08. The van der Waals surface area contributed by atoms with E-state index in [9.17, 15) is 9.50 Å². The Morgan fingerprint density at radius 1 is 1.25 bits per heavy atom. The van der Waals surface area contributed by atoms with Crippen molar-refractivity contribution in [3.8, 4) is 0 Å². The van der Waals surface area contributed by atoms with Gasteiger partial charge in [0.1, 0.15) is 5.82 Å². The van der Waals surface area contributed by atoms with Crippen molar-refractivity contribution in [2.24, 2.45) is 0 Å². The first kappa shape index (κ1) is 11.4. The van der Waals surface area contributed by atoms with Gasteiger partial charge >= 0.3 is 0 Å².